The Morgan fingerprint density at radius 2 is 0.887 bits per heavy atom. The normalized spacial score (nSPS) is 11.8. The molecule has 3 nitrogen and oxygen atoms in total. The lowest BCUT2D eigenvalue weighted by molar-refractivity contribution is 0.669. The topological polar surface area (TPSA) is 29.5 Å². The van der Waals surface area contributed by atoms with E-state index in [1.807, 2.05) is 12.1 Å². The number of benzene rings is 9. The molecular formula is C50H31NO2. The third-order valence-corrected chi connectivity index (χ3v) is 10.7. The molecule has 0 amide bonds. The molecule has 0 saturated heterocycles. The number of nitrogens with zero attached hydrogens (tertiary/aromatic N) is 1. The second-order valence-corrected chi connectivity index (χ2v) is 13.6. The van der Waals surface area contributed by atoms with Crippen molar-refractivity contribution in [2.75, 3.05) is 4.90 Å². The molecule has 2 heterocycles. The van der Waals surface area contributed by atoms with Crippen molar-refractivity contribution in [1.29, 1.82) is 0 Å². The maximum atomic E-state index is 7.20. The SMILES string of the molecule is c1ccc(-c2ccc3c(oc4c5ccccc5c5ccccc5c34)c2N(c2ccccc2)c2ccc(-c3ccc4c(c3)oc3ccccc34)cc2)cc1. The Hall–Kier alpha value is -7.10. The van der Waals surface area contributed by atoms with Gasteiger partial charge >= 0.3 is 0 Å². The fraction of sp³-hybridized carbons (Fsp3) is 0. The molecule has 0 aliphatic rings. The molecule has 0 bridgehead atoms. The Morgan fingerprint density at radius 3 is 1.66 bits per heavy atom. The highest BCUT2D eigenvalue weighted by molar-refractivity contribution is 6.31. The van der Waals surface area contributed by atoms with Crippen molar-refractivity contribution < 1.29 is 8.83 Å². The lowest BCUT2D eigenvalue weighted by Crippen LogP contribution is -2.11. The maximum Gasteiger partial charge on any atom is 0.160 e. The van der Waals surface area contributed by atoms with Gasteiger partial charge in [0.1, 0.15) is 16.7 Å². The van der Waals surface area contributed by atoms with Gasteiger partial charge in [-0.05, 0) is 81.4 Å². The Kier molecular flexibility index (Phi) is 6.55. The fourth-order valence-electron chi connectivity index (χ4n) is 8.22. The average molecular weight is 678 g/mol. The summed E-state index contributed by atoms with van der Waals surface area (Å²) in [7, 11) is 0. The van der Waals surface area contributed by atoms with Crippen molar-refractivity contribution in [2.24, 2.45) is 0 Å². The third-order valence-electron chi connectivity index (χ3n) is 10.7. The van der Waals surface area contributed by atoms with Gasteiger partial charge in [0.05, 0.1) is 5.69 Å². The predicted molar refractivity (Wildman–Crippen MR) is 222 cm³/mol. The van der Waals surface area contributed by atoms with Crippen LogP contribution in [0.5, 0.6) is 0 Å². The zero-order valence-corrected chi connectivity index (χ0v) is 28.7. The Balaban J connectivity index is 1.17. The minimum Gasteiger partial charge on any atom is -0.456 e. The van der Waals surface area contributed by atoms with Crippen molar-refractivity contribution >= 4 is 82.5 Å². The standard InChI is InChI=1S/C50H31NO2/c1-3-13-33(14-4-1)37-29-30-44-47-42-20-9-7-17-38(42)39-18-8-10-21-43(39)49(47)53-50(44)48(37)51(35-15-5-2-6-16-35)36-26-23-32(24-27-36)34-25-28-41-40-19-11-12-22-45(40)52-46(41)31-34/h1-31H. The van der Waals surface area contributed by atoms with Crippen LogP contribution in [0.3, 0.4) is 0 Å². The second-order valence-electron chi connectivity index (χ2n) is 13.6. The van der Waals surface area contributed by atoms with E-state index in [1.165, 1.54) is 16.2 Å². The third kappa shape index (κ3) is 4.61. The van der Waals surface area contributed by atoms with E-state index in [9.17, 15) is 0 Å². The molecule has 0 fully saturated rings. The van der Waals surface area contributed by atoms with Crippen LogP contribution in [0, 0.1) is 0 Å². The molecule has 0 radical (unpaired) electrons. The van der Waals surface area contributed by atoms with Gasteiger partial charge in [-0.3, -0.25) is 0 Å². The van der Waals surface area contributed by atoms with E-state index in [0.717, 1.165) is 88.6 Å². The van der Waals surface area contributed by atoms with E-state index in [0.29, 0.717) is 0 Å². The lowest BCUT2D eigenvalue weighted by atomic mass is 9.95. The van der Waals surface area contributed by atoms with Gasteiger partial charge in [-0.2, -0.15) is 0 Å². The highest BCUT2D eigenvalue weighted by atomic mass is 16.3. The van der Waals surface area contributed by atoms with E-state index < -0.39 is 0 Å². The van der Waals surface area contributed by atoms with Gasteiger partial charge in [0.25, 0.3) is 0 Å². The summed E-state index contributed by atoms with van der Waals surface area (Å²) >= 11 is 0. The number of hydrogen-bond acceptors (Lipinski definition) is 3. The first-order valence-electron chi connectivity index (χ1n) is 18.0. The van der Waals surface area contributed by atoms with Crippen LogP contribution in [0.4, 0.5) is 17.1 Å². The van der Waals surface area contributed by atoms with Crippen LogP contribution < -0.4 is 4.90 Å². The van der Waals surface area contributed by atoms with Crippen molar-refractivity contribution in [2.45, 2.75) is 0 Å². The van der Waals surface area contributed by atoms with Crippen LogP contribution in [0.15, 0.2) is 197 Å². The van der Waals surface area contributed by atoms with Crippen LogP contribution in [0.1, 0.15) is 0 Å². The molecule has 3 heteroatoms. The Morgan fingerprint density at radius 1 is 0.321 bits per heavy atom. The molecule has 0 spiro atoms. The van der Waals surface area contributed by atoms with Crippen LogP contribution in [-0.2, 0) is 0 Å². The van der Waals surface area contributed by atoms with E-state index in [4.69, 9.17) is 8.83 Å². The molecule has 11 rings (SSSR count). The van der Waals surface area contributed by atoms with E-state index in [1.54, 1.807) is 0 Å². The minimum absolute atomic E-state index is 0.853. The van der Waals surface area contributed by atoms with Crippen molar-refractivity contribution in [3.63, 3.8) is 0 Å². The van der Waals surface area contributed by atoms with Crippen LogP contribution in [0.2, 0.25) is 0 Å². The summed E-state index contributed by atoms with van der Waals surface area (Å²) in [5.74, 6) is 0. The Labute approximate surface area is 305 Å². The molecule has 0 N–H and O–H groups in total. The summed E-state index contributed by atoms with van der Waals surface area (Å²) in [4.78, 5) is 2.35. The predicted octanol–water partition coefficient (Wildman–Crippen LogP) is 14.6. The first-order valence-corrected chi connectivity index (χ1v) is 18.0. The highest BCUT2D eigenvalue weighted by Crippen LogP contribution is 2.50. The van der Waals surface area contributed by atoms with E-state index in [-0.39, 0.29) is 0 Å². The molecule has 0 saturated carbocycles. The molecule has 2 aromatic heterocycles. The maximum absolute atomic E-state index is 7.20. The fourth-order valence-corrected chi connectivity index (χ4v) is 8.22. The first kappa shape index (κ1) is 29.6. The molecule has 11 aromatic rings. The van der Waals surface area contributed by atoms with Crippen molar-refractivity contribution in [1.82, 2.24) is 0 Å². The van der Waals surface area contributed by atoms with Gasteiger partial charge < -0.3 is 13.7 Å². The van der Waals surface area contributed by atoms with E-state index in [2.05, 4.69) is 181 Å². The van der Waals surface area contributed by atoms with Gasteiger partial charge in [-0.1, -0.05) is 140 Å². The zero-order chi connectivity index (χ0) is 34.9. The molecular weight excluding hydrogens is 647 g/mol. The first-order chi connectivity index (χ1) is 26.3. The summed E-state index contributed by atoms with van der Waals surface area (Å²) in [5, 5.41) is 9.21. The number of hydrogen-bond donors (Lipinski definition) is 0. The van der Waals surface area contributed by atoms with Crippen LogP contribution >= 0.6 is 0 Å². The molecule has 53 heavy (non-hydrogen) atoms. The quantitative estimate of drug-likeness (QED) is 0.170. The smallest absolute Gasteiger partial charge is 0.160 e. The summed E-state index contributed by atoms with van der Waals surface area (Å²) in [6, 6.07) is 66.6. The molecule has 0 aliphatic carbocycles. The van der Waals surface area contributed by atoms with Crippen LogP contribution in [0.25, 0.3) is 87.7 Å². The number of rotatable bonds is 5. The average Bonchev–Trinajstić information content (AvgIpc) is 3.81. The summed E-state index contributed by atoms with van der Waals surface area (Å²) in [6.45, 7) is 0. The van der Waals surface area contributed by atoms with E-state index >= 15 is 0 Å². The molecule has 9 aromatic carbocycles. The van der Waals surface area contributed by atoms with Gasteiger partial charge in [-0.25, -0.2) is 0 Å². The van der Waals surface area contributed by atoms with Gasteiger partial charge in [0.15, 0.2) is 5.58 Å². The van der Waals surface area contributed by atoms with Crippen molar-refractivity contribution in [3.8, 4) is 22.3 Å². The summed E-state index contributed by atoms with van der Waals surface area (Å²) in [6.07, 6.45) is 0. The second kappa shape index (κ2) is 11.7. The van der Waals surface area contributed by atoms with Crippen LogP contribution in [-0.4, -0.2) is 0 Å². The van der Waals surface area contributed by atoms with Gasteiger partial charge in [0.2, 0.25) is 0 Å². The number of para-hydroxylation sites is 2. The molecule has 0 unspecified atom stereocenters. The molecule has 248 valence electrons. The monoisotopic (exact) mass is 677 g/mol. The largest absolute Gasteiger partial charge is 0.456 e. The minimum atomic E-state index is 0.853. The lowest BCUT2D eigenvalue weighted by Gasteiger charge is -2.28. The summed E-state index contributed by atoms with van der Waals surface area (Å²) in [5.41, 5.74) is 11.1. The molecule has 0 atom stereocenters. The number of furan rings is 2. The summed E-state index contributed by atoms with van der Waals surface area (Å²) < 4.78 is 13.4. The zero-order valence-electron chi connectivity index (χ0n) is 28.7. The van der Waals surface area contributed by atoms with Gasteiger partial charge in [0, 0.05) is 43.9 Å². The Bertz CT molecular complexity index is 3160. The molecule has 0 aliphatic heterocycles. The number of anilines is 3. The van der Waals surface area contributed by atoms with Crippen molar-refractivity contribution in [3.05, 3.63) is 188 Å². The van der Waals surface area contributed by atoms with Gasteiger partial charge in [-0.15, -0.1) is 0 Å². The number of fused-ring (bicyclic) bond motifs is 11. The highest BCUT2D eigenvalue weighted by Gasteiger charge is 2.25.